The fraction of sp³-hybridized carbons (Fsp3) is 0.0769. The van der Waals surface area contributed by atoms with Crippen LogP contribution in [0, 0.1) is 0 Å². The number of aromatic nitrogens is 5. The van der Waals surface area contributed by atoms with Gasteiger partial charge in [0.1, 0.15) is 12.5 Å². The molecule has 0 aromatic carbocycles. The molecule has 0 bridgehead atoms. The normalized spacial score (nSPS) is 10.2. The number of pyridine rings is 2. The molecule has 0 atom stereocenters. The van der Waals surface area contributed by atoms with Gasteiger partial charge < -0.3 is 24.0 Å². The molecule has 0 aliphatic rings. The molecule has 0 fully saturated rings. The number of halogens is 2. The van der Waals surface area contributed by atoms with Crippen LogP contribution in [0.1, 0.15) is 0 Å². The maximum atomic E-state index is 5.70. The number of nitrogens with zero attached hydrogens (tertiary/aromatic N) is 5. The van der Waals surface area contributed by atoms with Crippen LogP contribution in [0.25, 0.3) is 11.5 Å². The minimum absolute atomic E-state index is 0. The largest absolute Gasteiger partial charge is 1.00 e. The standard InChI is InChI=1S/C13H11ClN5S.HI/c1-20-12-4-2-3-7-18(12)10-5-6-11(15-8-10)19-9-16-13(14)17-19;/h2-9H,1H3;1H/q+1;/p-1. The molecule has 3 heterocycles. The summed E-state index contributed by atoms with van der Waals surface area (Å²) in [6.07, 6.45) is 7.39. The Balaban J connectivity index is 0.00000161. The molecular formula is C13H11ClIN5S. The van der Waals surface area contributed by atoms with E-state index in [0.29, 0.717) is 5.82 Å². The Morgan fingerprint density at radius 1 is 1.19 bits per heavy atom. The maximum absolute atomic E-state index is 5.70. The maximum Gasteiger partial charge on any atom is 0.245 e. The van der Waals surface area contributed by atoms with Gasteiger partial charge in [0.15, 0.2) is 12.0 Å². The van der Waals surface area contributed by atoms with Gasteiger partial charge in [0.25, 0.3) is 0 Å². The quantitative estimate of drug-likeness (QED) is 0.313. The summed E-state index contributed by atoms with van der Waals surface area (Å²) < 4.78 is 3.62. The zero-order valence-electron chi connectivity index (χ0n) is 11.0. The minimum atomic E-state index is 0. The van der Waals surface area contributed by atoms with Gasteiger partial charge in [-0.2, -0.15) is 4.57 Å². The lowest BCUT2D eigenvalue weighted by atomic mass is 10.3. The number of rotatable bonds is 3. The lowest BCUT2D eigenvalue weighted by Gasteiger charge is -2.01. The highest BCUT2D eigenvalue weighted by molar-refractivity contribution is 7.98. The molecule has 0 unspecified atom stereocenters. The van der Waals surface area contributed by atoms with Gasteiger partial charge in [0, 0.05) is 18.2 Å². The van der Waals surface area contributed by atoms with E-state index in [2.05, 4.69) is 25.7 Å². The summed E-state index contributed by atoms with van der Waals surface area (Å²) in [4.78, 5) is 8.26. The Hall–Kier alpha value is -1.19. The van der Waals surface area contributed by atoms with Crippen LogP contribution < -0.4 is 28.5 Å². The van der Waals surface area contributed by atoms with Crippen molar-refractivity contribution in [2.75, 3.05) is 6.26 Å². The molecule has 0 amide bonds. The van der Waals surface area contributed by atoms with Crippen molar-refractivity contribution in [3.8, 4) is 11.5 Å². The van der Waals surface area contributed by atoms with E-state index >= 15 is 0 Å². The molecule has 8 heteroatoms. The highest BCUT2D eigenvalue weighted by Gasteiger charge is 2.12. The fourth-order valence-electron chi connectivity index (χ4n) is 1.82. The van der Waals surface area contributed by atoms with Gasteiger partial charge in [-0.3, -0.25) is 0 Å². The Morgan fingerprint density at radius 3 is 2.67 bits per heavy atom. The summed E-state index contributed by atoms with van der Waals surface area (Å²) in [5.41, 5.74) is 0.991. The van der Waals surface area contributed by atoms with Gasteiger partial charge in [0.05, 0.1) is 0 Å². The average Bonchev–Trinajstić information content (AvgIpc) is 2.94. The third-order valence-corrected chi connectivity index (χ3v) is 3.66. The molecule has 3 aromatic heterocycles. The Morgan fingerprint density at radius 2 is 2.05 bits per heavy atom. The molecule has 108 valence electrons. The molecule has 0 saturated carbocycles. The lowest BCUT2D eigenvalue weighted by Crippen LogP contribution is -3.00. The topological polar surface area (TPSA) is 47.5 Å². The molecule has 3 aromatic rings. The van der Waals surface area contributed by atoms with E-state index in [4.69, 9.17) is 11.6 Å². The van der Waals surface area contributed by atoms with Crippen molar-refractivity contribution in [3.05, 3.63) is 54.3 Å². The zero-order valence-corrected chi connectivity index (χ0v) is 14.7. The van der Waals surface area contributed by atoms with Crippen molar-refractivity contribution in [3.63, 3.8) is 0 Å². The Bertz CT molecular complexity index is 731. The van der Waals surface area contributed by atoms with Crippen LogP contribution in [0.4, 0.5) is 0 Å². The van der Waals surface area contributed by atoms with Gasteiger partial charge in [0.2, 0.25) is 16.0 Å². The van der Waals surface area contributed by atoms with Crippen LogP contribution in [0.2, 0.25) is 5.28 Å². The van der Waals surface area contributed by atoms with Gasteiger partial charge >= 0.3 is 0 Å². The predicted octanol–water partition coefficient (Wildman–Crippen LogP) is -0.682. The predicted molar refractivity (Wildman–Crippen MR) is 77.5 cm³/mol. The zero-order chi connectivity index (χ0) is 13.9. The van der Waals surface area contributed by atoms with Gasteiger partial charge in [-0.25, -0.2) is 14.6 Å². The summed E-state index contributed by atoms with van der Waals surface area (Å²) in [6, 6.07) is 9.93. The second-order valence-corrected chi connectivity index (χ2v) is 5.11. The number of hydrogen-bond acceptors (Lipinski definition) is 4. The van der Waals surface area contributed by atoms with Crippen LogP contribution in [-0.2, 0) is 0 Å². The first-order valence-electron chi connectivity index (χ1n) is 5.86. The Kier molecular flexibility index (Phi) is 5.54. The molecule has 0 radical (unpaired) electrons. The van der Waals surface area contributed by atoms with Gasteiger partial charge in [-0.1, -0.05) is 11.8 Å². The van der Waals surface area contributed by atoms with E-state index < -0.39 is 0 Å². The van der Waals surface area contributed by atoms with Crippen LogP contribution in [0.5, 0.6) is 0 Å². The summed E-state index contributed by atoms with van der Waals surface area (Å²) >= 11 is 7.38. The van der Waals surface area contributed by atoms with Crippen LogP contribution in [0.15, 0.2) is 54.1 Å². The van der Waals surface area contributed by atoms with Crippen molar-refractivity contribution < 1.29 is 28.5 Å². The third kappa shape index (κ3) is 3.53. The van der Waals surface area contributed by atoms with Crippen molar-refractivity contribution >= 4 is 23.4 Å². The number of thioether (sulfide) groups is 1. The molecular weight excluding hydrogens is 421 g/mol. The highest BCUT2D eigenvalue weighted by atomic mass is 127. The van der Waals surface area contributed by atoms with E-state index in [1.807, 2.05) is 36.7 Å². The van der Waals surface area contributed by atoms with E-state index in [1.54, 1.807) is 18.0 Å². The molecule has 21 heavy (non-hydrogen) atoms. The summed E-state index contributed by atoms with van der Waals surface area (Å²) in [6.45, 7) is 0. The molecule has 5 nitrogen and oxygen atoms in total. The van der Waals surface area contributed by atoms with Crippen LogP contribution in [-0.4, -0.2) is 26.0 Å². The molecule has 0 saturated heterocycles. The monoisotopic (exact) mass is 431 g/mol. The van der Waals surface area contributed by atoms with Crippen molar-refractivity contribution in [2.24, 2.45) is 0 Å². The van der Waals surface area contributed by atoms with Crippen molar-refractivity contribution in [1.82, 2.24) is 19.7 Å². The molecule has 0 spiro atoms. The lowest BCUT2D eigenvalue weighted by molar-refractivity contribution is -0.636. The second-order valence-electron chi connectivity index (χ2n) is 3.95. The molecule has 0 aliphatic carbocycles. The van der Waals surface area contributed by atoms with Crippen molar-refractivity contribution in [2.45, 2.75) is 5.03 Å². The van der Waals surface area contributed by atoms with E-state index in [0.717, 1.165) is 10.7 Å². The van der Waals surface area contributed by atoms with Crippen LogP contribution in [0.3, 0.4) is 0 Å². The highest BCUT2D eigenvalue weighted by Crippen LogP contribution is 2.12. The van der Waals surface area contributed by atoms with Gasteiger partial charge in [-0.15, -0.1) is 5.10 Å². The Labute approximate surface area is 148 Å². The van der Waals surface area contributed by atoms with Gasteiger partial charge in [-0.05, 0) is 30.0 Å². The molecule has 3 rings (SSSR count). The third-order valence-electron chi connectivity index (χ3n) is 2.74. The average molecular weight is 432 g/mol. The summed E-state index contributed by atoms with van der Waals surface area (Å²) in [5.74, 6) is 0.676. The van der Waals surface area contributed by atoms with E-state index in [1.165, 1.54) is 11.0 Å². The smallest absolute Gasteiger partial charge is 0.245 e. The van der Waals surface area contributed by atoms with E-state index in [-0.39, 0.29) is 29.3 Å². The molecule has 0 aliphatic heterocycles. The summed E-state index contributed by atoms with van der Waals surface area (Å²) in [7, 11) is 0. The summed E-state index contributed by atoms with van der Waals surface area (Å²) in [5, 5.41) is 5.37. The second kappa shape index (κ2) is 7.19. The first-order valence-corrected chi connectivity index (χ1v) is 7.47. The number of hydrogen-bond donors (Lipinski definition) is 0. The van der Waals surface area contributed by atoms with Crippen LogP contribution >= 0.6 is 23.4 Å². The SMILES string of the molecule is CSc1cccc[n+]1-c1ccc(-n2cnc(Cl)n2)nc1.[I-]. The first kappa shape index (κ1) is 16.2. The minimum Gasteiger partial charge on any atom is -1.00 e. The van der Waals surface area contributed by atoms with Crippen molar-refractivity contribution in [1.29, 1.82) is 0 Å². The fourth-order valence-corrected chi connectivity index (χ4v) is 2.52. The molecule has 0 N–H and O–H groups in total. The van der Waals surface area contributed by atoms with E-state index in [9.17, 15) is 0 Å². The first-order chi connectivity index (χ1) is 9.78.